The summed E-state index contributed by atoms with van der Waals surface area (Å²) in [5.41, 5.74) is 1.27. The standard InChI is InChI=1S/C19H21FN2O3S/c1-12-5-3-4-10-22(12)16(23)11-25-19(24)17-13(2)21-18(26-17)14-6-8-15(20)9-7-14/h6-9,12H,3-5,10-11H2,1-2H3. The minimum atomic E-state index is -0.550. The molecule has 138 valence electrons. The molecule has 0 spiro atoms. The van der Waals surface area contributed by atoms with Gasteiger partial charge in [0.1, 0.15) is 15.7 Å². The number of halogens is 1. The van der Waals surface area contributed by atoms with E-state index >= 15 is 0 Å². The molecular formula is C19H21FN2O3S. The number of carbonyl (C=O) groups excluding carboxylic acids is 2. The van der Waals surface area contributed by atoms with E-state index in [0.29, 0.717) is 22.1 Å². The van der Waals surface area contributed by atoms with Crippen LogP contribution < -0.4 is 0 Å². The fourth-order valence-electron chi connectivity index (χ4n) is 3.05. The van der Waals surface area contributed by atoms with Crippen molar-refractivity contribution in [1.82, 2.24) is 9.88 Å². The molecule has 2 aromatic rings. The Bertz CT molecular complexity index is 804. The van der Waals surface area contributed by atoms with E-state index in [1.165, 1.54) is 23.5 Å². The highest BCUT2D eigenvalue weighted by Crippen LogP contribution is 2.28. The van der Waals surface area contributed by atoms with Crippen LogP contribution in [0, 0.1) is 12.7 Å². The maximum Gasteiger partial charge on any atom is 0.350 e. The smallest absolute Gasteiger partial charge is 0.350 e. The van der Waals surface area contributed by atoms with Gasteiger partial charge in [0.05, 0.1) is 5.69 Å². The molecule has 0 radical (unpaired) electrons. The van der Waals surface area contributed by atoms with Gasteiger partial charge in [0.2, 0.25) is 0 Å². The van der Waals surface area contributed by atoms with Crippen molar-refractivity contribution >= 4 is 23.2 Å². The van der Waals surface area contributed by atoms with E-state index < -0.39 is 5.97 Å². The average molecular weight is 376 g/mol. The number of hydrogen-bond donors (Lipinski definition) is 0. The molecule has 0 aliphatic carbocycles. The van der Waals surface area contributed by atoms with Gasteiger partial charge >= 0.3 is 5.97 Å². The molecule has 0 bridgehead atoms. The first-order valence-corrected chi connectivity index (χ1v) is 9.47. The zero-order chi connectivity index (χ0) is 18.7. The fourth-order valence-corrected chi connectivity index (χ4v) is 4.01. The highest BCUT2D eigenvalue weighted by atomic mass is 32.1. The number of ether oxygens (including phenoxy) is 1. The van der Waals surface area contributed by atoms with Crippen molar-refractivity contribution in [3.63, 3.8) is 0 Å². The van der Waals surface area contributed by atoms with E-state index in [-0.39, 0.29) is 24.4 Å². The molecule has 5 nitrogen and oxygen atoms in total. The number of rotatable bonds is 4. The number of piperidine rings is 1. The number of benzene rings is 1. The van der Waals surface area contributed by atoms with E-state index in [1.54, 1.807) is 24.0 Å². The monoisotopic (exact) mass is 376 g/mol. The molecule has 0 saturated carbocycles. The van der Waals surface area contributed by atoms with Gasteiger partial charge in [0.25, 0.3) is 5.91 Å². The molecule has 1 aliphatic heterocycles. The highest BCUT2D eigenvalue weighted by Gasteiger charge is 2.25. The van der Waals surface area contributed by atoms with Crippen LogP contribution in [0.15, 0.2) is 24.3 Å². The summed E-state index contributed by atoms with van der Waals surface area (Å²) in [6, 6.07) is 6.11. The summed E-state index contributed by atoms with van der Waals surface area (Å²) in [6.45, 7) is 4.19. The topological polar surface area (TPSA) is 59.5 Å². The molecule has 1 aromatic heterocycles. The molecule has 2 heterocycles. The zero-order valence-electron chi connectivity index (χ0n) is 14.8. The second kappa shape index (κ2) is 7.95. The Morgan fingerprint density at radius 3 is 2.73 bits per heavy atom. The lowest BCUT2D eigenvalue weighted by atomic mass is 10.0. The summed E-state index contributed by atoms with van der Waals surface area (Å²) < 4.78 is 18.3. The quantitative estimate of drug-likeness (QED) is 0.761. The van der Waals surface area contributed by atoms with Crippen LogP contribution in [-0.2, 0) is 9.53 Å². The van der Waals surface area contributed by atoms with Crippen molar-refractivity contribution in [3.8, 4) is 10.6 Å². The third-order valence-corrected chi connectivity index (χ3v) is 5.71. The summed E-state index contributed by atoms with van der Waals surface area (Å²) in [5, 5.41) is 0.616. The number of carbonyl (C=O) groups is 2. The Morgan fingerprint density at radius 1 is 1.31 bits per heavy atom. The van der Waals surface area contributed by atoms with Gasteiger partial charge in [-0.15, -0.1) is 11.3 Å². The van der Waals surface area contributed by atoms with Crippen LogP contribution in [0.4, 0.5) is 4.39 Å². The van der Waals surface area contributed by atoms with Crippen molar-refractivity contribution in [2.75, 3.05) is 13.2 Å². The lowest BCUT2D eigenvalue weighted by Gasteiger charge is -2.33. The number of nitrogens with zero attached hydrogens (tertiary/aromatic N) is 2. The number of likely N-dealkylation sites (tertiary alicyclic amines) is 1. The third-order valence-electron chi connectivity index (χ3n) is 4.52. The normalized spacial score (nSPS) is 17.2. The van der Waals surface area contributed by atoms with Crippen LogP contribution in [0.25, 0.3) is 10.6 Å². The fraction of sp³-hybridized carbons (Fsp3) is 0.421. The maximum atomic E-state index is 13.0. The van der Waals surface area contributed by atoms with Gasteiger partial charge in [-0.2, -0.15) is 0 Å². The number of thiazole rings is 1. The first-order valence-electron chi connectivity index (χ1n) is 8.65. The number of aromatic nitrogens is 1. The number of esters is 1. The molecule has 7 heteroatoms. The SMILES string of the molecule is Cc1nc(-c2ccc(F)cc2)sc1C(=O)OCC(=O)N1CCCCC1C. The average Bonchev–Trinajstić information content (AvgIpc) is 3.02. The predicted octanol–water partition coefficient (Wildman–Crippen LogP) is 3.82. The second-order valence-corrected chi connectivity index (χ2v) is 7.45. The molecule has 3 rings (SSSR count). The predicted molar refractivity (Wildman–Crippen MR) is 97.6 cm³/mol. The number of aryl methyl sites for hydroxylation is 1. The summed E-state index contributed by atoms with van der Waals surface area (Å²) in [4.78, 5) is 31.1. The van der Waals surface area contributed by atoms with E-state index in [9.17, 15) is 14.0 Å². The van der Waals surface area contributed by atoms with Crippen LogP contribution in [-0.4, -0.2) is 41.0 Å². The summed E-state index contributed by atoms with van der Waals surface area (Å²) >= 11 is 1.18. The Balaban J connectivity index is 1.64. The molecule has 1 atom stereocenters. The van der Waals surface area contributed by atoms with E-state index in [4.69, 9.17) is 4.74 Å². The number of hydrogen-bond acceptors (Lipinski definition) is 5. The molecule has 1 aromatic carbocycles. The first kappa shape index (κ1) is 18.5. The van der Waals surface area contributed by atoms with Gasteiger partial charge in [-0.05, 0) is 57.4 Å². The van der Waals surface area contributed by atoms with Crippen molar-refractivity contribution < 1.29 is 18.7 Å². The van der Waals surface area contributed by atoms with Gasteiger partial charge < -0.3 is 9.64 Å². The summed E-state index contributed by atoms with van der Waals surface area (Å²) in [5.74, 6) is -1.04. The van der Waals surface area contributed by atoms with Crippen molar-refractivity contribution in [3.05, 3.63) is 40.7 Å². The molecule has 1 amide bonds. The second-order valence-electron chi connectivity index (χ2n) is 6.45. The number of amides is 1. The molecule has 26 heavy (non-hydrogen) atoms. The summed E-state index contributed by atoms with van der Waals surface area (Å²) in [6.07, 6.45) is 3.09. The molecule has 1 unspecified atom stereocenters. The first-order chi connectivity index (χ1) is 12.5. The van der Waals surface area contributed by atoms with Crippen molar-refractivity contribution in [2.45, 2.75) is 39.2 Å². The molecule has 0 N–H and O–H groups in total. The Morgan fingerprint density at radius 2 is 2.04 bits per heavy atom. The zero-order valence-corrected chi connectivity index (χ0v) is 15.6. The lowest BCUT2D eigenvalue weighted by molar-refractivity contribution is -0.137. The maximum absolute atomic E-state index is 13.0. The molecule has 1 aliphatic rings. The van der Waals surface area contributed by atoms with E-state index in [1.807, 2.05) is 6.92 Å². The van der Waals surface area contributed by atoms with Crippen LogP contribution in [0.1, 0.15) is 41.6 Å². The van der Waals surface area contributed by atoms with Crippen LogP contribution in [0.3, 0.4) is 0 Å². The largest absolute Gasteiger partial charge is 0.451 e. The molecule has 1 fully saturated rings. The van der Waals surface area contributed by atoms with E-state index in [2.05, 4.69) is 4.98 Å². The van der Waals surface area contributed by atoms with Gasteiger partial charge in [-0.25, -0.2) is 14.2 Å². The minimum absolute atomic E-state index is 0.161. The van der Waals surface area contributed by atoms with E-state index in [0.717, 1.165) is 24.8 Å². The molecular weight excluding hydrogens is 355 g/mol. The third kappa shape index (κ3) is 4.09. The van der Waals surface area contributed by atoms with Crippen molar-refractivity contribution in [2.24, 2.45) is 0 Å². The lowest BCUT2D eigenvalue weighted by Crippen LogP contribution is -2.44. The van der Waals surface area contributed by atoms with Crippen molar-refractivity contribution in [1.29, 1.82) is 0 Å². The van der Waals surface area contributed by atoms with Crippen LogP contribution >= 0.6 is 11.3 Å². The minimum Gasteiger partial charge on any atom is -0.451 e. The highest BCUT2D eigenvalue weighted by molar-refractivity contribution is 7.17. The summed E-state index contributed by atoms with van der Waals surface area (Å²) in [7, 11) is 0. The van der Waals surface area contributed by atoms with Gasteiger partial charge in [-0.3, -0.25) is 4.79 Å². The molecule has 1 saturated heterocycles. The Kier molecular flexibility index (Phi) is 5.66. The van der Waals surface area contributed by atoms with Gasteiger partial charge in [0, 0.05) is 18.2 Å². The Labute approximate surface area is 155 Å². The Hall–Kier alpha value is -2.28. The van der Waals surface area contributed by atoms with Gasteiger partial charge in [0.15, 0.2) is 6.61 Å². The van der Waals surface area contributed by atoms with Crippen LogP contribution in [0.2, 0.25) is 0 Å². The van der Waals surface area contributed by atoms with Crippen LogP contribution in [0.5, 0.6) is 0 Å². The van der Waals surface area contributed by atoms with Gasteiger partial charge in [-0.1, -0.05) is 0 Å².